The Morgan fingerprint density at radius 1 is 1.00 bits per heavy atom. The van der Waals surface area contributed by atoms with Crippen LogP contribution in [-0.4, -0.2) is 50.7 Å². The first kappa shape index (κ1) is 21.5. The zero-order valence-corrected chi connectivity index (χ0v) is 20.6. The minimum Gasteiger partial charge on any atom is -0.341 e. The number of thiophene rings is 1. The molecular formula is C26H25ClN6S. The molecule has 5 aromatic rings. The van der Waals surface area contributed by atoms with E-state index in [1.165, 1.54) is 11.1 Å². The minimum absolute atomic E-state index is 0.673. The molecular weight excluding hydrogens is 464 g/mol. The summed E-state index contributed by atoms with van der Waals surface area (Å²) >= 11 is 8.10. The van der Waals surface area contributed by atoms with Crippen molar-refractivity contribution in [3.63, 3.8) is 0 Å². The molecule has 172 valence electrons. The van der Waals surface area contributed by atoms with E-state index in [-0.39, 0.29) is 0 Å². The monoisotopic (exact) mass is 488 g/mol. The fourth-order valence-corrected chi connectivity index (χ4v) is 5.57. The van der Waals surface area contributed by atoms with Gasteiger partial charge in [0.1, 0.15) is 0 Å². The molecule has 0 radical (unpaired) electrons. The van der Waals surface area contributed by atoms with E-state index in [1.54, 1.807) is 11.3 Å². The second-order valence-electron chi connectivity index (χ2n) is 8.87. The molecule has 3 aromatic heterocycles. The molecule has 6 nitrogen and oxygen atoms in total. The molecule has 0 spiro atoms. The lowest BCUT2D eigenvalue weighted by molar-refractivity contribution is 0.286. The summed E-state index contributed by atoms with van der Waals surface area (Å²) in [4.78, 5) is 10.0. The Morgan fingerprint density at radius 2 is 1.94 bits per heavy atom. The van der Waals surface area contributed by atoms with Crippen LogP contribution in [-0.2, 0) is 6.54 Å². The van der Waals surface area contributed by atoms with Crippen LogP contribution in [0.25, 0.3) is 27.9 Å². The van der Waals surface area contributed by atoms with Crippen molar-refractivity contribution in [1.29, 1.82) is 0 Å². The van der Waals surface area contributed by atoms with Crippen LogP contribution in [0.1, 0.15) is 17.5 Å². The van der Waals surface area contributed by atoms with Gasteiger partial charge in [-0.15, -0.1) is 10.2 Å². The Bertz CT molecular complexity index is 1460. The Labute approximate surface area is 207 Å². The molecule has 0 amide bonds. The predicted molar refractivity (Wildman–Crippen MR) is 140 cm³/mol. The number of halogens is 1. The zero-order chi connectivity index (χ0) is 23.1. The van der Waals surface area contributed by atoms with E-state index in [9.17, 15) is 0 Å². The van der Waals surface area contributed by atoms with Crippen molar-refractivity contribution in [3.05, 3.63) is 75.4 Å². The average Bonchev–Trinajstić information content (AvgIpc) is 3.45. The summed E-state index contributed by atoms with van der Waals surface area (Å²) in [5, 5.41) is 15.3. The van der Waals surface area contributed by atoms with E-state index in [1.807, 2.05) is 18.2 Å². The lowest BCUT2D eigenvalue weighted by Gasteiger charge is -2.24. The van der Waals surface area contributed by atoms with E-state index in [0.717, 1.165) is 73.0 Å². The van der Waals surface area contributed by atoms with Crippen molar-refractivity contribution in [2.75, 3.05) is 31.1 Å². The number of aromatic nitrogens is 4. The van der Waals surface area contributed by atoms with Gasteiger partial charge in [0.05, 0.1) is 5.52 Å². The number of hydrogen-bond donors (Lipinski definition) is 0. The average molecular weight is 489 g/mol. The maximum absolute atomic E-state index is 6.34. The summed E-state index contributed by atoms with van der Waals surface area (Å²) in [5.74, 6) is 1.70. The van der Waals surface area contributed by atoms with Gasteiger partial charge in [-0.2, -0.15) is 11.3 Å². The minimum atomic E-state index is 0.673. The second-order valence-corrected chi connectivity index (χ2v) is 10.1. The molecule has 6 rings (SSSR count). The third kappa shape index (κ3) is 4.04. The first-order valence-electron chi connectivity index (χ1n) is 11.6. The zero-order valence-electron chi connectivity index (χ0n) is 19.0. The van der Waals surface area contributed by atoms with Gasteiger partial charge in [-0.1, -0.05) is 35.4 Å². The highest BCUT2D eigenvalue weighted by Gasteiger charge is 2.23. The third-order valence-electron chi connectivity index (χ3n) is 6.42. The lowest BCUT2D eigenvalue weighted by Crippen LogP contribution is -2.32. The molecule has 1 fully saturated rings. The molecule has 1 aliphatic rings. The fourth-order valence-electron chi connectivity index (χ4n) is 4.75. The fraction of sp³-hybridized carbons (Fsp3) is 0.269. The third-order valence-corrected chi connectivity index (χ3v) is 7.39. The molecule has 0 aliphatic carbocycles. The van der Waals surface area contributed by atoms with Gasteiger partial charge in [0.2, 0.25) is 5.95 Å². The Balaban J connectivity index is 1.45. The van der Waals surface area contributed by atoms with Gasteiger partial charge in [0.25, 0.3) is 0 Å². The standard InChI is InChI=1S/C26H25ClN6S/c1-18-4-2-5-20(14-18)24-29-30-25-22-7-6-21(27)15-23(22)28-26(33(24)25)32-10-3-9-31(11-12-32)16-19-8-13-34-17-19/h2,4-8,13-15,17H,3,9-12,16H2,1H3. The number of fused-ring (bicyclic) bond motifs is 3. The number of nitrogens with zero attached hydrogens (tertiary/aromatic N) is 6. The first-order chi connectivity index (χ1) is 16.7. The largest absolute Gasteiger partial charge is 0.341 e. The summed E-state index contributed by atoms with van der Waals surface area (Å²) in [7, 11) is 0. The molecule has 0 atom stereocenters. The summed E-state index contributed by atoms with van der Waals surface area (Å²) < 4.78 is 2.12. The van der Waals surface area contributed by atoms with E-state index in [0.29, 0.717) is 5.02 Å². The number of benzene rings is 2. The topological polar surface area (TPSA) is 49.6 Å². The van der Waals surface area contributed by atoms with Crippen LogP contribution in [0.2, 0.25) is 5.02 Å². The lowest BCUT2D eigenvalue weighted by atomic mass is 10.1. The van der Waals surface area contributed by atoms with Crippen molar-refractivity contribution in [3.8, 4) is 11.4 Å². The van der Waals surface area contributed by atoms with Crippen LogP contribution in [0.15, 0.2) is 59.3 Å². The van der Waals surface area contributed by atoms with Crippen molar-refractivity contribution < 1.29 is 0 Å². The molecule has 0 saturated carbocycles. The Hall–Kier alpha value is -3.00. The summed E-state index contributed by atoms with van der Waals surface area (Å²) in [6.07, 6.45) is 1.07. The van der Waals surface area contributed by atoms with E-state index < -0.39 is 0 Å². The summed E-state index contributed by atoms with van der Waals surface area (Å²) in [5.41, 5.74) is 5.28. The van der Waals surface area contributed by atoms with Crippen molar-refractivity contribution in [1.82, 2.24) is 24.5 Å². The van der Waals surface area contributed by atoms with Crippen molar-refractivity contribution >= 4 is 45.4 Å². The number of anilines is 1. The van der Waals surface area contributed by atoms with Gasteiger partial charge in [0, 0.05) is 48.7 Å². The van der Waals surface area contributed by atoms with Gasteiger partial charge in [-0.3, -0.25) is 4.90 Å². The highest BCUT2D eigenvalue weighted by molar-refractivity contribution is 7.07. The van der Waals surface area contributed by atoms with E-state index in [2.05, 4.69) is 72.4 Å². The predicted octanol–water partition coefficient (Wildman–Crippen LogP) is 5.68. The quantitative estimate of drug-likeness (QED) is 0.325. The summed E-state index contributed by atoms with van der Waals surface area (Å²) in [6.45, 7) is 6.97. The molecule has 1 aliphatic heterocycles. The van der Waals surface area contributed by atoms with Gasteiger partial charge >= 0.3 is 0 Å². The maximum Gasteiger partial charge on any atom is 0.213 e. The van der Waals surface area contributed by atoms with Gasteiger partial charge in [0.15, 0.2) is 11.5 Å². The smallest absolute Gasteiger partial charge is 0.213 e. The van der Waals surface area contributed by atoms with E-state index >= 15 is 0 Å². The van der Waals surface area contributed by atoms with Crippen LogP contribution < -0.4 is 4.90 Å². The number of aryl methyl sites for hydroxylation is 1. The normalized spacial score (nSPS) is 15.3. The van der Waals surface area contributed by atoms with E-state index in [4.69, 9.17) is 16.6 Å². The van der Waals surface area contributed by atoms with Gasteiger partial charge in [-0.25, -0.2) is 9.38 Å². The Kier molecular flexibility index (Phi) is 5.69. The van der Waals surface area contributed by atoms with Gasteiger partial charge < -0.3 is 4.90 Å². The Morgan fingerprint density at radius 3 is 2.79 bits per heavy atom. The van der Waals surface area contributed by atoms with Crippen LogP contribution >= 0.6 is 22.9 Å². The number of rotatable bonds is 4. The first-order valence-corrected chi connectivity index (χ1v) is 12.9. The molecule has 2 aromatic carbocycles. The van der Waals surface area contributed by atoms with Crippen LogP contribution in [0.5, 0.6) is 0 Å². The van der Waals surface area contributed by atoms with Crippen LogP contribution in [0.3, 0.4) is 0 Å². The summed E-state index contributed by atoms with van der Waals surface area (Å²) in [6, 6.07) is 16.4. The molecule has 8 heteroatoms. The molecule has 4 heterocycles. The SMILES string of the molecule is Cc1cccc(-c2nnc3c4ccc(Cl)cc4nc(N4CCCN(Cc5ccsc5)CC4)n23)c1. The van der Waals surface area contributed by atoms with Crippen LogP contribution in [0, 0.1) is 6.92 Å². The second kappa shape index (κ2) is 8.98. The molecule has 0 unspecified atom stereocenters. The molecule has 0 bridgehead atoms. The number of hydrogen-bond acceptors (Lipinski definition) is 6. The van der Waals surface area contributed by atoms with Crippen molar-refractivity contribution in [2.24, 2.45) is 0 Å². The highest BCUT2D eigenvalue weighted by atomic mass is 35.5. The van der Waals surface area contributed by atoms with Crippen LogP contribution in [0.4, 0.5) is 5.95 Å². The molecule has 34 heavy (non-hydrogen) atoms. The maximum atomic E-state index is 6.34. The van der Waals surface area contributed by atoms with Gasteiger partial charge in [-0.05, 0) is 60.0 Å². The molecule has 0 N–H and O–H groups in total. The molecule has 1 saturated heterocycles. The highest BCUT2D eigenvalue weighted by Crippen LogP contribution is 2.30. The van der Waals surface area contributed by atoms with Crippen molar-refractivity contribution in [2.45, 2.75) is 19.9 Å².